The van der Waals surface area contributed by atoms with E-state index in [2.05, 4.69) is 0 Å². The van der Waals surface area contributed by atoms with Gasteiger partial charge in [-0.2, -0.15) is 0 Å². The van der Waals surface area contributed by atoms with Crippen molar-refractivity contribution >= 4 is 28.8 Å². The first-order chi connectivity index (χ1) is 9.01. The first kappa shape index (κ1) is 14.3. The highest BCUT2D eigenvalue weighted by molar-refractivity contribution is 8.05. The SMILES string of the molecule is COC(=O)C1(Cc2ccco2)SC=C(S(=O)O)C1N. The Morgan fingerprint density at radius 2 is 2.47 bits per heavy atom. The third kappa shape index (κ3) is 2.48. The van der Waals surface area contributed by atoms with Gasteiger partial charge in [-0.05, 0) is 17.5 Å². The van der Waals surface area contributed by atoms with Crippen molar-refractivity contribution in [1.82, 2.24) is 0 Å². The number of furan rings is 1. The van der Waals surface area contributed by atoms with Crippen LogP contribution in [0.15, 0.2) is 33.1 Å². The lowest BCUT2D eigenvalue weighted by Gasteiger charge is -2.29. The highest BCUT2D eigenvalue weighted by Gasteiger charge is 2.52. The van der Waals surface area contributed by atoms with E-state index in [1.165, 1.54) is 18.8 Å². The summed E-state index contributed by atoms with van der Waals surface area (Å²) in [7, 11) is 1.26. The maximum absolute atomic E-state index is 12.1. The number of carbonyl (C=O) groups is 1. The quantitative estimate of drug-likeness (QED) is 0.628. The summed E-state index contributed by atoms with van der Waals surface area (Å²) in [6.45, 7) is 0. The van der Waals surface area contributed by atoms with Crippen LogP contribution in [0.25, 0.3) is 0 Å². The zero-order valence-electron chi connectivity index (χ0n) is 10.1. The van der Waals surface area contributed by atoms with E-state index in [-0.39, 0.29) is 11.3 Å². The molecule has 0 saturated heterocycles. The Morgan fingerprint density at radius 1 is 1.74 bits per heavy atom. The van der Waals surface area contributed by atoms with Crippen LogP contribution in [0.3, 0.4) is 0 Å². The average molecular weight is 303 g/mol. The van der Waals surface area contributed by atoms with E-state index < -0.39 is 27.8 Å². The van der Waals surface area contributed by atoms with Crippen LogP contribution < -0.4 is 5.73 Å². The first-order valence-electron chi connectivity index (χ1n) is 5.36. The molecule has 2 rings (SSSR count). The van der Waals surface area contributed by atoms with Crippen molar-refractivity contribution in [1.29, 1.82) is 0 Å². The minimum absolute atomic E-state index is 0.113. The number of esters is 1. The molecule has 1 aromatic rings. The molecule has 0 saturated carbocycles. The molecule has 1 aliphatic heterocycles. The second-order valence-electron chi connectivity index (χ2n) is 4.00. The Labute approximate surface area is 116 Å². The minimum atomic E-state index is -2.21. The third-order valence-electron chi connectivity index (χ3n) is 2.94. The van der Waals surface area contributed by atoms with Crippen molar-refractivity contribution in [3.63, 3.8) is 0 Å². The third-order valence-corrected chi connectivity index (χ3v) is 5.23. The maximum atomic E-state index is 12.1. The van der Waals surface area contributed by atoms with Gasteiger partial charge in [-0.25, -0.2) is 4.21 Å². The van der Waals surface area contributed by atoms with Crippen LogP contribution in [0.5, 0.6) is 0 Å². The van der Waals surface area contributed by atoms with Gasteiger partial charge in [0.1, 0.15) is 10.5 Å². The van der Waals surface area contributed by atoms with Crippen LogP contribution in [-0.2, 0) is 27.0 Å². The summed E-state index contributed by atoms with van der Waals surface area (Å²) in [5.41, 5.74) is 5.97. The first-order valence-corrected chi connectivity index (χ1v) is 7.35. The van der Waals surface area contributed by atoms with E-state index in [0.717, 1.165) is 11.8 Å². The molecular weight excluding hydrogens is 290 g/mol. The molecule has 1 aromatic heterocycles. The van der Waals surface area contributed by atoms with Gasteiger partial charge in [0.15, 0.2) is 11.1 Å². The van der Waals surface area contributed by atoms with Crippen LogP contribution >= 0.6 is 11.8 Å². The van der Waals surface area contributed by atoms with Crippen molar-refractivity contribution in [2.24, 2.45) is 5.73 Å². The molecule has 19 heavy (non-hydrogen) atoms. The molecule has 8 heteroatoms. The summed E-state index contributed by atoms with van der Waals surface area (Å²) in [6.07, 6.45) is 1.68. The molecule has 104 valence electrons. The fraction of sp³-hybridized carbons (Fsp3) is 0.364. The van der Waals surface area contributed by atoms with Crippen LogP contribution in [-0.4, -0.2) is 32.6 Å². The highest BCUT2D eigenvalue weighted by atomic mass is 32.2. The molecule has 1 aliphatic rings. The molecule has 3 unspecified atom stereocenters. The van der Waals surface area contributed by atoms with E-state index in [1.807, 2.05) is 0 Å². The van der Waals surface area contributed by atoms with Gasteiger partial charge >= 0.3 is 5.97 Å². The van der Waals surface area contributed by atoms with Crippen LogP contribution in [0, 0.1) is 0 Å². The van der Waals surface area contributed by atoms with E-state index >= 15 is 0 Å². The molecule has 0 spiro atoms. The average Bonchev–Trinajstić information content (AvgIpc) is 2.98. The molecule has 3 N–H and O–H groups in total. The lowest BCUT2D eigenvalue weighted by Crippen LogP contribution is -2.52. The molecule has 6 nitrogen and oxygen atoms in total. The summed E-state index contributed by atoms with van der Waals surface area (Å²) >= 11 is -1.12. The predicted molar refractivity (Wildman–Crippen MR) is 71.6 cm³/mol. The summed E-state index contributed by atoms with van der Waals surface area (Å²) < 4.78 is 29.2. The Kier molecular flexibility index (Phi) is 4.14. The van der Waals surface area contributed by atoms with Gasteiger partial charge in [0.2, 0.25) is 0 Å². The lowest BCUT2D eigenvalue weighted by molar-refractivity contribution is -0.143. The number of hydrogen-bond donors (Lipinski definition) is 2. The second kappa shape index (κ2) is 5.49. The molecule has 0 radical (unpaired) electrons. The van der Waals surface area contributed by atoms with Crippen LogP contribution in [0.4, 0.5) is 0 Å². The van der Waals surface area contributed by atoms with Crippen LogP contribution in [0.2, 0.25) is 0 Å². The van der Waals surface area contributed by atoms with Crippen molar-refractivity contribution in [3.8, 4) is 0 Å². The smallest absolute Gasteiger partial charge is 0.324 e. The Morgan fingerprint density at radius 3 is 2.95 bits per heavy atom. The maximum Gasteiger partial charge on any atom is 0.324 e. The van der Waals surface area contributed by atoms with Gasteiger partial charge in [0, 0.05) is 6.42 Å². The number of rotatable bonds is 4. The topological polar surface area (TPSA) is 103 Å². The molecule has 2 heterocycles. The van der Waals surface area contributed by atoms with Crippen LogP contribution in [0.1, 0.15) is 5.76 Å². The zero-order chi connectivity index (χ0) is 14.0. The fourth-order valence-corrected chi connectivity index (χ4v) is 4.05. The Bertz CT molecular complexity index is 527. The fourth-order valence-electron chi connectivity index (χ4n) is 1.93. The predicted octanol–water partition coefficient (Wildman–Crippen LogP) is 0.871. The number of nitrogens with two attached hydrogens (primary N) is 1. The van der Waals surface area contributed by atoms with E-state index in [0.29, 0.717) is 5.76 Å². The van der Waals surface area contributed by atoms with Gasteiger partial charge in [-0.3, -0.25) is 4.79 Å². The molecule has 3 atom stereocenters. The monoisotopic (exact) mass is 303 g/mol. The number of thioether (sulfide) groups is 1. The van der Waals surface area contributed by atoms with Crippen molar-refractivity contribution in [2.75, 3.05) is 7.11 Å². The molecule has 0 amide bonds. The highest BCUT2D eigenvalue weighted by Crippen LogP contribution is 2.44. The van der Waals surface area contributed by atoms with Crippen molar-refractivity contribution < 1.29 is 22.7 Å². The normalized spacial score (nSPS) is 27.9. The van der Waals surface area contributed by atoms with Gasteiger partial charge in [-0.1, -0.05) is 0 Å². The summed E-state index contributed by atoms with van der Waals surface area (Å²) in [5.74, 6) is 0.0184. The van der Waals surface area contributed by atoms with Gasteiger partial charge in [-0.15, -0.1) is 11.8 Å². The van der Waals surface area contributed by atoms with Gasteiger partial charge < -0.3 is 19.4 Å². The molecule has 0 aliphatic carbocycles. The Balaban J connectivity index is 2.33. The number of ether oxygens (including phenoxy) is 1. The summed E-state index contributed by atoms with van der Waals surface area (Å²) in [4.78, 5) is 12.2. The number of carbonyl (C=O) groups excluding carboxylic acids is 1. The second-order valence-corrected chi connectivity index (χ2v) is 6.17. The number of hydrogen-bond acceptors (Lipinski definition) is 6. The Hall–Kier alpha value is -1.09. The van der Waals surface area contributed by atoms with E-state index in [1.54, 1.807) is 12.1 Å². The lowest BCUT2D eigenvalue weighted by atomic mass is 9.94. The molecule has 0 fully saturated rings. The van der Waals surface area contributed by atoms with Crippen molar-refractivity contribution in [3.05, 3.63) is 34.5 Å². The standard InChI is InChI=1S/C11H13NO5S2/c1-16-10(13)11(5-7-3-2-4-17-7)9(12)8(6-18-11)19(14)15/h2-4,6,9H,5,12H2,1H3,(H,14,15). The minimum Gasteiger partial charge on any atom is -0.469 e. The molecular formula is C11H13NO5S2. The molecule has 0 aromatic carbocycles. The van der Waals surface area contributed by atoms with Crippen molar-refractivity contribution in [2.45, 2.75) is 17.2 Å². The number of methoxy groups -OCH3 is 1. The van der Waals surface area contributed by atoms with E-state index in [9.17, 15) is 13.6 Å². The van der Waals surface area contributed by atoms with Gasteiger partial charge in [0.05, 0.1) is 24.3 Å². The molecule has 0 bridgehead atoms. The summed E-state index contributed by atoms with van der Waals surface area (Å²) in [5, 5.41) is 1.45. The zero-order valence-corrected chi connectivity index (χ0v) is 11.7. The largest absolute Gasteiger partial charge is 0.469 e. The van der Waals surface area contributed by atoms with Gasteiger partial charge in [0.25, 0.3) is 0 Å². The summed E-state index contributed by atoms with van der Waals surface area (Å²) in [6, 6.07) is 2.51. The van der Waals surface area contributed by atoms with E-state index in [4.69, 9.17) is 14.9 Å².